The van der Waals surface area contributed by atoms with Gasteiger partial charge in [0.05, 0.1) is 12.0 Å². The van der Waals surface area contributed by atoms with Crippen molar-refractivity contribution in [2.45, 2.75) is 11.8 Å². The van der Waals surface area contributed by atoms with Crippen molar-refractivity contribution < 1.29 is 13.2 Å². The van der Waals surface area contributed by atoms with Gasteiger partial charge in [0, 0.05) is 11.1 Å². The van der Waals surface area contributed by atoms with Crippen molar-refractivity contribution in [3.63, 3.8) is 0 Å². The molecule has 0 atom stereocenters. The molecule has 7 heteroatoms. The highest BCUT2D eigenvalue weighted by molar-refractivity contribution is 7.92. The Bertz CT molecular complexity index is 732. The van der Waals surface area contributed by atoms with E-state index in [1.54, 1.807) is 37.3 Å². The van der Waals surface area contributed by atoms with Crippen LogP contribution in [0.4, 0.5) is 5.82 Å². The van der Waals surface area contributed by atoms with Gasteiger partial charge in [-0.15, -0.1) is 0 Å². The summed E-state index contributed by atoms with van der Waals surface area (Å²) >= 11 is 5.94. The molecule has 0 amide bonds. The monoisotopic (exact) mass is 312 g/mol. The molecule has 0 aliphatic carbocycles. The van der Waals surface area contributed by atoms with Crippen molar-refractivity contribution in [2.24, 2.45) is 0 Å². The van der Waals surface area contributed by atoms with Crippen molar-refractivity contribution in [3.05, 3.63) is 47.0 Å². The third-order valence-electron chi connectivity index (χ3n) is 2.68. The molecule has 0 unspecified atom stereocenters. The van der Waals surface area contributed by atoms with Crippen molar-refractivity contribution >= 4 is 27.4 Å². The SMILES string of the molecule is COc1cccc(NS(=O)(=O)c2cccc(Cl)c2C)n1. The number of aromatic nitrogens is 1. The Morgan fingerprint density at radius 2 is 1.90 bits per heavy atom. The van der Waals surface area contributed by atoms with E-state index >= 15 is 0 Å². The molecule has 0 aliphatic rings. The van der Waals surface area contributed by atoms with Gasteiger partial charge in [0.2, 0.25) is 5.88 Å². The van der Waals surface area contributed by atoms with E-state index in [0.29, 0.717) is 16.5 Å². The molecule has 1 heterocycles. The minimum absolute atomic E-state index is 0.120. The molecule has 0 bridgehead atoms. The lowest BCUT2D eigenvalue weighted by Crippen LogP contribution is -2.15. The van der Waals surface area contributed by atoms with Crippen LogP contribution in [0.3, 0.4) is 0 Å². The topological polar surface area (TPSA) is 68.3 Å². The maximum Gasteiger partial charge on any atom is 0.263 e. The maximum absolute atomic E-state index is 12.3. The molecule has 1 N–H and O–H groups in total. The average Bonchev–Trinajstić information content (AvgIpc) is 2.41. The summed E-state index contributed by atoms with van der Waals surface area (Å²) in [4.78, 5) is 4.13. The lowest BCUT2D eigenvalue weighted by molar-refractivity contribution is 0.398. The van der Waals surface area contributed by atoms with Crippen LogP contribution in [0.1, 0.15) is 5.56 Å². The molecule has 106 valence electrons. The van der Waals surface area contributed by atoms with E-state index < -0.39 is 10.0 Å². The Labute approximate surface area is 122 Å². The molecule has 0 saturated carbocycles. The van der Waals surface area contributed by atoms with Crippen molar-refractivity contribution in [1.82, 2.24) is 4.98 Å². The fraction of sp³-hybridized carbons (Fsp3) is 0.154. The highest BCUT2D eigenvalue weighted by atomic mass is 35.5. The van der Waals surface area contributed by atoms with Gasteiger partial charge in [-0.25, -0.2) is 8.42 Å². The summed E-state index contributed by atoms with van der Waals surface area (Å²) in [6.07, 6.45) is 0. The molecule has 0 aliphatic heterocycles. The van der Waals surface area contributed by atoms with E-state index in [1.807, 2.05) is 0 Å². The molecule has 0 radical (unpaired) electrons. The second-order valence-corrected chi connectivity index (χ2v) is 6.09. The van der Waals surface area contributed by atoms with Crippen LogP contribution >= 0.6 is 11.6 Å². The predicted octanol–water partition coefficient (Wildman–Crippen LogP) is 2.85. The Kier molecular flexibility index (Phi) is 4.15. The van der Waals surface area contributed by atoms with Gasteiger partial charge in [0.25, 0.3) is 10.0 Å². The smallest absolute Gasteiger partial charge is 0.263 e. The first-order valence-corrected chi connectivity index (χ1v) is 7.59. The number of anilines is 1. The number of ether oxygens (including phenoxy) is 1. The summed E-state index contributed by atoms with van der Waals surface area (Å²) in [5, 5.41) is 0.395. The van der Waals surface area contributed by atoms with Crippen LogP contribution in [0.15, 0.2) is 41.3 Å². The third-order valence-corrected chi connectivity index (χ3v) is 4.59. The number of nitrogens with one attached hydrogen (secondary N) is 1. The van der Waals surface area contributed by atoms with Gasteiger partial charge in [-0.2, -0.15) is 4.98 Å². The molecule has 0 fully saturated rings. The predicted molar refractivity (Wildman–Crippen MR) is 77.8 cm³/mol. The van der Waals surface area contributed by atoms with Crippen LogP contribution in [-0.2, 0) is 10.0 Å². The van der Waals surface area contributed by atoms with E-state index in [0.717, 1.165) is 0 Å². The highest BCUT2D eigenvalue weighted by Gasteiger charge is 2.18. The Morgan fingerprint density at radius 3 is 2.60 bits per heavy atom. The zero-order valence-electron chi connectivity index (χ0n) is 10.9. The van der Waals surface area contributed by atoms with E-state index in [2.05, 4.69) is 9.71 Å². The van der Waals surface area contributed by atoms with E-state index in [1.165, 1.54) is 13.2 Å². The molecule has 2 aromatic rings. The first-order valence-electron chi connectivity index (χ1n) is 5.73. The van der Waals surface area contributed by atoms with Gasteiger partial charge < -0.3 is 4.74 Å². The van der Waals surface area contributed by atoms with Crippen LogP contribution in [0.2, 0.25) is 5.02 Å². The van der Waals surface area contributed by atoms with E-state index in [4.69, 9.17) is 16.3 Å². The second kappa shape index (κ2) is 5.68. The summed E-state index contributed by atoms with van der Waals surface area (Å²) in [7, 11) is -2.28. The highest BCUT2D eigenvalue weighted by Crippen LogP contribution is 2.24. The second-order valence-electron chi connectivity index (χ2n) is 4.03. The molecule has 0 spiro atoms. The van der Waals surface area contributed by atoms with Crippen molar-refractivity contribution in [1.29, 1.82) is 0 Å². The van der Waals surface area contributed by atoms with Gasteiger partial charge >= 0.3 is 0 Å². The average molecular weight is 313 g/mol. The van der Waals surface area contributed by atoms with Gasteiger partial charge in [-0.05, 0) is 30.7 Å². The zero-order valence-corrected chi connectivity index (χ0v) is 12.5. The molecule has 1 aromatic carbocycles. The minimum Gasteiger partial charge on any atom is -0.481 e. The van der Waals surface area contributed by atoms with E-state index in [9.17, 15) is 8.42 Å². The fourth-order valence-corrected chi connectivity index (χ4v) is 3.16. The fourth-order valence-electron chi connectivity index (χ4n) is 1.66. The van der Waals surface area contributed by atoms with Crippen molar-refractivity contribution in [3.8, 4) is 5.88 Å². The van der Waals surface area contributed by atoms with Crippen LogP contribution < -0.4 is 9.46 Å². The van der Waals surface area contributed by atoms with E-state index in [-0.39, 0.29) is 10.7 Å². The number of methoxy groups -OCH3 is 1. The van der Waals surface area contributed by atoms with Crippen LogP contribution in [0.25, 0.3) is 0 Å². The first kappa shape index (κ1) is 14.6. The number of nitrogens with zero attached hydrogens (tertiary/aromatic N) is 1. The van der Waals surface area contributed by atoms with Gasteiger partial charge in [0.1, 0.15) is 5.82 Å². The lowest BCUT2D eigenvalue weighted by atomic mass is 10.2. The number of benzene rings is 1. The summed E-state index contributed by atoms with van der Waals surface area (Å²) < 4.78 is 32.0. The number of pyridine rings is 1. The number of hydrogen-bond donors (Lipinski definition) is 1. The molecule has 1 aromatic heterocycles. The number of halogens is 1. The summed E-state index contributed by atoms with van der Waals surface area (Å²) in [5.41, 5.74) is 0.490. The van der Waals surface area contributed by atoms with Crippen LogP contribution in [-0.4, -0.2) is 20.5 Å². The molecular weight excluding hydrogens is 300 g/mol. The molecule has 5 nitrogen and oxygen atoms in total. The van der Waals surface area contributed by atoms with Crippen molar-refractivity contribution in [2.75, 3.05) is 11.8 Å². The number of hydrogen-bond acceptors (Lipinski definition) is 4. The third kappa shape index (κ3) is 3.02. The Morgan fingerprint density at radius 1 is 1.20 bits per heavy atom. The summed E-state index contributed by atoms with van der Waals surface area (Å²) in [6, 6.07) is 9.53. The number of sulfonamides is 1. The summed E-state index contributed by atoms with van der Waals surface area (Å²) in [5.74, 6) is 0.511. The maximum atomic E-state index is 12.3. The van der Waals surface area contributed by atoms with Crippen LogP contribution in [0.5, 0.6) is 5.88 Å². The molecular formula is C13H13ClN2O3S. The quantitative estimate of drug-likeness (QED) is 0.942. The minimum atomic E-state index is -3.74. The molecule has 20 heavy (non-hydrogen) atoms. The largest absolute Gasteiger partial charge is 0.481 e. The zero-order chi connectivity index (χ0) is 14.8. The first-order chi connectivity index (χ1) is 9.44. The molecule has 0 saturated heterocycles. The standard InChI is InChI=1S/C13H13ClN2O3S/c1-9-10(14)5-3-6-11(9)20(17,18)16-12-7-4-8-13(15-12)19-2/h3-8H,1-2H3,(H,15,16). The normalized spacial score (nSPS) is 11.2. The van der Waals surface area contributed by atoms with Gasteiger partial charge in [-0.3, -0.25) is 4.72 Å². The number of rotatable bonds is 4. The Hall–Kier alpha value is -1.79. The summed E-state index contributed by atoms with van der Waals surface area (Å²) in [6.45, 7) is 1.65. The Balaban J connectivity index is 2.38. The lowest BCUT2D eigenvalue weighted by Gasteiger charge is -2.11. The van der Waals surface area contributed by atoms with Crippen LogP contribution in [0, 0.1) is 6.92 Å². The van der Waals surface area contributed by atoms with Gasteiger partial charge in [-0.1, -0.05) is 23.7 Å². The van der Waals surface area contributed by atoms with Gasteiger partial charge in [0.15, 0.2) is 0 Å². The molecule has 2 rings (SSSR count).